The van der Waals surface area contributed by atoms with Crippen LogP contribution in [0.1, 0.15) is 17.5 Å². The molecule has 0 spiro atoms. The minimum absolute atomic E-state index is 0.0186. The summed E-state index contributed by atoms with van der Waals surface area (Å²) in [6.45, 7) is 2.98. The molecule has 2 rings (SSSR count). The number of hydrogen-bond donors (Lipinski definition) is 2. The van der Waals surface area contributed by atoms with Crippen LogP contribution in [-0.2, 0) is 5.41 Å². The molecule has 1 atom stereocenters. The van der Waals surface area contributed by atoms with Crippen LogP contribution >= 0.6 is 0 Å². The molecule has 2 aromatic rings. The quantitative estimate of drug-likeness (QED) is 0.822. The predicted octanol–water partition coefficient (Wildman–Crippen LogP) is 2.65. The molecule has 0 radical (unpaired) electrons. The van der Waals surface area contributed by atoms with Gasteiger partial charge in [-0.15, -0.1) is 0 Å². The third-order valence-corrected chi connectivity index (χ3v) is 3.95. The molecule has 0 bridgehead atoms. The van der Waals surface area contributed by atoms with Crippen LogP contribution < -0.4 is 10.5 Å². The largest absolute Gasteiger partial charge is 0.494 e. The van der Waals surface area contributed by atoms with Gasteiger partial charge in [0.05, 0.1) is 13.2 Å². The average molecular weight is 285 g/mol. The van der Waals surface area contributed by atoms with Gasteiger partial charge in [-0.25, -0.2) is 0 Å². The van der Waals surface area contributed by atoms with Crippen LogP contribution in [0.5, 0.6) is 5.75 Å². The van der Waals surface area contributed by atoms with Gasteiger partial charge in [-0.3, -0.25) is 0 Å². The van der Waals surface area contributed by atoms with E-state index in [9.17, 15) is 5.11 Å². The Morgan fingerprint density at radius 2 is 1.71 bits per heavy atom. The van der Waals surface area contributed by atoms with Gasteiger partial charge in [0, 0.05) is 12.0 Å². The Kier molecular flexibility index (Phi) is 5.37. The van der Waals surface area contributed by atoms with Gasteiger partial charge in [0.15, 0.2) is 0 Å². The second-order valence-corrected chi connectivity index (χ2v) is 5.42. The van der Waals surface area contributed by atoms with Gasteiger partial charge in [-0.05, 0) is 31.0 Å². The molecule has 2 aromatic carbocycles. The van der Waals surface area contributed by atoms with Crippen molar-refractivity contribution in [2.75, 3.05) is 19.8 Å². The molecule has 0 saturated heterocycles. The number of para-hydroxylation sites is 1. The number of aryl methyl sites for hydroxylation is 1. The van der Waals surface area contributed by atoms with Crippen molar-refractivity contribution in [1.82, 2.24) is 0 Å². The second-order valence-electron chi connectivity index (χ2n) is 5.42. The smallest absolute Gasteiger partial charge is 0.119 e. The molecule has 0 aliphatic rings. The highest BCUT2D eigenvalue weighted by molar-refractivity contribution is 5.29. The van der Waals surface area contributed by atoms with Gasteiger partial charge >= 0.3 is 0 Å². The molecule has 3 N–H and O–H groups in total. The molecule has 0 fully saturated rings. The molecule has 0 aromatic heterocycles. The molecule has 112 valence electrons. The number of ether oxygens (including phenoxy) is 1. The van der Waals surface area contributed by atoms with Crippen molar-refractivity contribution in [2.24, 2.45) is 5.73 Å². The summed E-state index contributed by atoms with van der Waals surface area (Å²) in [5.74, 6) is 0.838. The topological polar surface area (TPSA) is 55.5 Å². The zero-order chi connectivity index (χ0) is 15.1. The first-order valence-corrected chi connectivity index (χ1v) is 7.26. The number of aliphatic hydroxyl groups excluding tert-OH is 1. The summed E-state index contributed by atoms with van der Waals surface area (Å²) < 4.78 is 5.74. The van der Waals surface area contributed by atoms with E-state index in [1.54, 1.807) is 0 Å². The molecule has 0 aliphatic carbocycles. The SMILES string of the molecule is Cc1ccc(C(CN)(CO)CCOc2ccccc2)cc1. The minimum Gasteiger partial charge on any atom is -0.494 e. The van der Waals surface area contributed by atoms with E-state index >= 15 is 0 Å². The van der Waals surface area contributed by atoms with E-state index in [0.29, 0.717) is 19.6 Å². The first-order chi connectivity index (χ1) is 10.2. The Balaban J connectivity index is 2.06. The third kappa shape index (κ3) is 3.84. The molecule has 1 unspecified atom stereocenters. The lowest BCUT2D eigenvalue weighted by Crippen LogP contribution is -2.40. The Bertz CT molecular complexity index is 533. The fourth-order valence-corrected chi connectivity index (χ4v) is 2.39. The number of benzene rings is 2. The van der Waals surface area contributed by atoms with Gasteiger partial charge in [0.25, 0.3) is 0 Å². The Labute approximate surface area is 126 Å². The van der Waals surface area contributed by atoms with Crippen LogP contribution in [0, 0.1) is 6.92 Å². The van der Waals surface area contributed by atoms with Gasteiger partial charge in [-0.2, -0.15) is 0 Å². The number of aliphatic hydroxyl groups is 1. The summed E-state index contributed by atoms with van der Waals surface area (Å²) in [5.41, 5.74) is 7.77. The van der Waals surface area contributed by atoms with E-state index in [4.69, 9.17) is 10.5 Å². The maximum absolute atomic E-state index is 9.86. The summed E-state index contributed by atoms with van der Waals surface area (Å²) in [5, 5.41) is 9.86. The number of rotatable bonds is 7. The minimum atomic E-state index is -0.442. The van der Waals surface area contributed by atoms with Gasteiger partial charge in [0.1, 0.15) is 5.75 Å². The van der Waals surface area contributed by atoms with Crippen molar-refractivity contribution in [3.05, 3.63) is 65.7 Å². The highest BCUT2D eigenvalue weighted by Crippen LogP contribution is 2.27. The van der Waals surface area contributed by atoms with Crippen LogP contribution in [0.15, 0.2) is 54.6 Å². The van der Waals surface area contributed by atoms with Crippen molar-refractivity contribution >= 4 is 0 Å². The van der Waals surface area contributed by atoms with Gasteiger partial charge in [0.2, 0.25) is 0 Å². The molecule has 0 amide bonds. The standard InChI is InChI=1S/C18H23NO2/c1-15-7-9-16(10-8-15)18(13-19,14-20)11-12-21-17-5-3-2-4-6-17/h2-10,20H,11-14,19H2,1H3. The molecular weight excluding hydrogens is 262 g/mol. The van der Waals surface area contributed by atoms with Crippen molar-refractivity contribution in [2.45, 2.75) is 18.8 Å². The van der Waals surface area contributed by atoms with Crippen molar-refractivity contribution in [3.63, 3.8) is 0 Å². The lowest BCUT2D eigenvalue weighted by atomic mass is 9.78. The lowest BCUT2D eigenvalue weighted by molar-refractivity contribution is 0.163. The molecule has 3 heteroatoms. The van der Waals surface area contributed by atoms with E-state index in [0.717, 1.165) is 11.3 Å². The Morgan fingerprint density at radius 3 is 2.29 bits per heavy atom. The summed E-state index contributed by atoms with van der Waals surface area (Å²) in [7, 11) is 0. The number of hydrogen-bond acceptors (Lipinski definition) is 3. The van der Waals surface area contributed by atoms with Crippen molar-refractivity contribution < 1.29 is 9.84 Å². The fraction of sp³-hybridized carbons (Fsp3) is 0.333. The van der Waals surface area contributed by atoms with Crippen LogP contribution in [0.3, 0.4) is 0 Å². The van der Waals surface area contributed by atoms with E-state index < -0.39 is 5.41 Å². The molecule has 3 nitrogen and oxygen atoms in total. The normalized spacial score (nSPS) is 13.7. The third-order valence-electron chi connectivity index (χ3n) is 3.95. The second kappa shape index (κ2) is 7.25. The zero-order valence-electron chi connectivity index (χ0n) is 12.5. The number of nitrogens with two attached hydrogens (primary N) is 1. The molecule has 0 saturated carbocycles. The first kappa shape index (κ1) is 15.5. The van der Waals surface area contributed by atoms with Crippen molar-refractivity contribution in [1.29, 1.82) is 0 Å². The molecule has 0 aliphatic heterocycles. The maximum atomic E-state index is 9.86. The van der Waals surface area contributed by atoms with Gasteiger partial charge in [-0.1, -0.05) is 48.0 Å². The fourth-order valence-electron chi connectivity index (χ4n) is 2.39. The predicted molar refractivity (Wildman–Crippen MR) is 85.6 cm³/mol. The monoisotopic (exact) mass is 285 g/mol. The van der Waals surface area contributed by atoms with Crippen LogP contribution in [0.25, 0.3) is 0 Å². The van der Waals surface area contributed by atoms with Crippen molar-refractivity contribution in [3.8, 4) is 5.75 Å². The Morgan fingerprint density at radius 1 is 1.05 bits per heavy atom. The summed E-state index contributed by atoms with van der Waals surface area (Å²) in [6.07, 6.45) is 0.679. The summed E-state index contributed by atoms with van der Waals surface area (Å²) >= 11 is 0. The van der Waals surface area contributed by atoms with E-state index in [2.05, 4.69) is 0 Å². The lowest BCUT2D eigenvalue weighted by Gasteiger charge is -2.31. The Hall–Kier alpha value is -1.84. The summed E-state index contributed by atoms with van der Waals surface area (Å²) in [6, 6.07) is 17.9. The zero-order valence-corrected chi connectivity index (χ0v) is 12.5. The first-order valence-electron chi connectivity index (χ1n) is 7.26. The molecule has 21 heavy (non-hydrogen) atoms. The molecular formula is C18H23NO2. The average Bonchev–Trinajstić information content (AvgIpc) is 2.54. The van der Waals surface area contributed by atoms with E-state index in [-0.39, 0.29) is 6.61 Å². The van der Waals surface area contributed by atoms with Crippen LogP contribution in [-0.4, -0.2) is 24.9 Å². The van der Waals surface area contributed by atoms with Gasteiger partial charge < -0.3 is 15.6 Å². The van der Waals surface area contributed by atoms with E-state index in [1.165, 1.54) is 5.56 Å². The van der Waals surface area contributed by atoms with E-state index in [1.807, 2.05) is 61.5 Å². The maximum Gasteiger partial charge on any atom is 0.119 e. The molecule has 0 heterocycles. The highest BCUT2D eigenvalue weighted by atomic mass is 16.5. The van der Waals surface area contributed by atoms with Crippen LogP contribution in [0.4, 0.5) is 0 Å². The van der Waals surface area contributed by atoms with Crippen LogP contribution in [0.2, 0.25) is 0 Å². The summed E-state index contributed by atoms with van der Waals surface area (Å²) in [4.78, 5) is 0. The highest BCUT2D eigenvalue weighted by Gasteiger charge is 2.30.